The lowest BCUT2D eigenvalue weighted by molar-refractivity contribution is -0.167. The van der Waals surface area contributed by atoms with Gasteiger partial charge in [0.15, 0.2) is 12.3 Å². The molecule has 0 aromatic heterocycles. The number of carbonyl (C=O) groups excluding carboxylic acids is 1. The Morgan fingerprint density at radius 3 is 2.26 bits per heavy atom. The van der Waals surface area contributed by atoms with E-state index in [-0.39, 0.29) is 18.1 Å². The van der Waals surface area contributed by atoms with Crippen molar-refractivity contribution < 1.29 is 35.5 Å². The topological polar surface area (TPSA) is 101 Å². The maximum absolute atomic E-state index is 12.2. The van der Waals surface area contributed by atoms with Gasteiger partial charge >= 0.3 is 6.09 Å². The predicted octanol–water partition coefficient (Wildman–Crippen LogP) is 2.92. The van der Waals surface area contributed by atoms with Gasteiger partial charge in [0.1, 0.15) is 5.60 Å². The van der Waals surface area contributed by atoms with E-state index in [9.17, 15) is 13.2 Å². The first kappa shape index (κ1) is 24.4. The number of nitrogens with zero attached hydrogens (tertiary/aromatic N) is 1. The highest BCUT2D eigenvalue weighted by atomic mass is 32.2. The second kappa shape index (κ2) is 10.8. The monoisotopic (exact) mass is 429 g/mol. The largest absolute Gasteiger partial charge is 0.444 e. The van der Waals surface area contributed by atoms with Crippen LogP contribution in [0.3, 0.4) is 0 Å². The van der Waals surface area contributed by atoms with Crippen LogP contribution in [-0.2, 0) is 32.4 Å². The van der Waals surface area contributed by atoms with Crippen LogP contribution in [0.4, 0.5) is 4.79 Å². The third kappa shape index (κ3) is 10.5. The van der Waals surface area contributed by atoms with E-state index in [4.69, 9.17) is 13.1 Å². The van der Waals surface area contributed by atoms with Crippen LogP contribution >= 0.6 is 12.3 Å². The average molecular weight is 430 g/mol. The van der Waals surface area contributed by atoms with Gasteiger partial charge in [-0.15, -0.1) is 4.33 Å². The van der Waals surface area contributed by atoms with Crippen molar-refractivity contribution in [2.45, 2.75) is 52.1 Å². The zero-order valence-electron chi connectivity index (χ0n) is 16.7. The molecule has 1 fully saturated rings. The molecule has 9 nitrogen and oxygen atoms in total. The van der Waals surface area contributed by atoms with Gasteiger partial charge in [0.2, 0.25) is 0 Å². The number of carbonyl (C=O) groups is 1. The van der Waals surface area contributed by atoms with E-state index in [1.165, 1.54) is 7.11 Å². The molecule has 0 aromatic rings. The number of amides is 1. The second-order valence-corrected chi connectivity index (χ2v) is 9.77. The Bertz CT molecular complexity index is 553. The molecule has 0 aliphatic carbocycles. The molecule has 160 valence electrons. The predicted molar refractivity (Wildman–Crippen MR) is 101 cm³/mol. The molecule has 0 atom stereocenters. The first-order chi connectivity index (χ1) is 12.5. The van der Waals surface area contributed by atoms with Gasteiger partial charge in [-0.2, -0.15) is 8.42 Å². The number of hydrogen-bond acceptors (Lipinski definition) is 9. The van der Waals surface area contributed by atoms with Crippen LogP contribution in [-0.4, -0.2) is 64.7 Å². The maximum atomic E-state index is 12.2. The van der Waals surface area contributed by atoms with Crippen LogP contribution in [0.25, 0.3) is 0 Å². The lowest BCUT2D eigenvalue weighted by Gasteiger charge is -2.42. The van der Waals surface area contributed by atoms with Crippen molar-refractivity contribution in [1.29, 1.82) is 0 Å². The Balaban J connectivity index is 2.60. The minimum atomic E-state index is -3.49. The van der Waals surface area contributed by atoms with Crippen LogP contribution in [0.15, 0.2) is 0 Å². The van der Waals surface area contributed by atoms with Crippen molar-refractivity contribution in [3.05, 3.63) is 0 Å². The number of ether oxygens (including phenoxy) is 1. The first-order valence-corrected chi connectivity index (χ1v) is 11.3. The van der Waals surface area contributed by atoms with Crippen molar-refractivity contribution in [3.8, 4) is 0 Å². The zero-order valence-corrected chi connectivity index (χ0v) is 18.3. The average Bonchev–Trinajstić information content (AvgIpc) is 2.52. The summed E-state index contributed by atoms with van der Waals surface area (Å²) in [6.07, 6.45) is 3.36. The summed E-state index contributed by atoms with van der Waals surface area (Å²) in [4.78, 5) is 18.4. The van der Waals surface area contributed by atoms with Gasteiger partial charge in [-0.05, 0) is 51.9 Å². The standard InChI is InChI=1S/C16H31NO8S2/c1-15(2,3)24-14(18)17-10-6-16(7-11-17,8-12-22-26-25-21-4)9-13-23-27(5,19)20/h6-13H2,1-5H3. The Morgan fingerprint density at radius 1 is 1.15 bits per heavy atom. The quantitative estimate of drug-likeness (QED) is 0.170. The molecule has 0 spiro atoms. The number of likely N-dealkylation sites (tertiary alicyclic amines) is 1. The molecule has 1 amide bonds. The van der Waals surface area contributed by atoms with Crippen molar-refractivity contribution in [3.63, 3.8) is 0 Å². The Hall–Kier alpha value is -0.590. The van der Waals surface area contributed by atoms with Gasteiger partial charge in [0.05, 0.1) is 26.6 Å². The number of hydrogen-bond donors (Lipinski definition) is 0. The molecule has 1 rings (SSSR count). The van der Waals surface area contributed by atoms with Crippen LogP contribution < -0.4 is 0 Å². The molecule has 0 unspecified atom stereocenters. The number of rotatable bonds is 10. The van der Waals surface area contributed by atoms with Crippen molar-refractivity contribution in [2.24, 2.45) is 5.41 Å². The SMILES string of the molecule is COOSOCCC1(CCOS(C)(=O)=O)CCN(C(=O)OC(C)(C)C)CC1. The van der Waals surface area contributed by atoms with Crippen LogP contribution in [0, 0.1) is 5.41 Å². The normalized spacial score (nSPS) is 17.7. The fraction of sp³-hybridized carbons (Fsp3) is 0.938. The van der Waals surface area contributed by atoms with Crippen LogP contribution in [0.2, 0.25) is 0 Å². The summed E-state index contributed by atoms with van der Waals surface area (Å²) in [5.41, 5.74) is -0.724. The summed E-state index contributed by atoms with van der Waals surface area (Å²) in [5, 5.41) is 0. The van der Waals surface area contributed by atoms with Gasteiger partial charge in [0, 0.05) is 13.1 Å². The Morgan fingerprint density at radius 2 is 1.74 bits per heavy atom. The summed E-state index contributed by atoms with van der Waals surface area (Å²) in [6.45, 7) is 7.08. The molecular weight excluding hydrogens is 398 g/mol. The summed E-state index contributed by atoms with van der Waals surface area (Å²) < 4.78 is 42.7. The summed E-state index contributed by atoms with van der Waals surface area (Å²) in [7, 11) is -2.10. The van der Waals surface area contributed by atoms with E-state index in [2.05, 4.69) is 9.22 Å². The highest BCUT2D eigenvalue weighted by Crippen LogP contribution is 2.39. The van der Waals surface area contributed by atoms with E-state index in [0.29, 0.717) is 45.4 Å². The smallest absolute Gasteiger partial charge is 0.410 e. The zero-order chi connectivity index (χ0) is 20.6. The lowest BCUT2D eigenvalue weighted by Crippen LogP contribution is -2.45. The van der Waals surface area contributed by atoms with Crippen molar-refractivity contribution in [1.82, 2.24) is 4.90 Å². The Kier molecular flexibility index (Phi) is 9.80. The van der Waals surface area contributed by atoms with Gasteiger partial charge in [0.25, 0.3) is 10.1 Å². The summed E-state index contributed by atoms with van der Waals surface area (Å²) >= 11 is 0.747. The molecule has 1 aliphatic rings. The first-order valence-electron chi connectivity index (χ1n) is 8.78. The van der Waals surface area contributed by atoms with E-state index >= 15 is 0 Å². The second-order valence-electron chi connectivity index (χ2n) is 7.62. The minimum Gasteiger partial charge on any atom is -0.444 e. The van der Waals surface area contributed by atoms with Gasteiger partial charge < -0.3 is 9.64 Å². The lowest BCUT2D eigenvalue weighted by atomic mass is 9.73. The molecule has 1 heterocycles. The number of piperidine rings is 1. The molecule has 11 heteroatoms. The van der Waals surface area contributed by atoms with E-state index in [1.54, 1.807) is 4.90 Å². The third-order valence-corrected chi connectivity index (χ3v) is 5.31. The van der Waals surface area contributed by atoms with Crippen LogP contribution in [0.1, 0.15) is 46.5 Å². The fourth-order valence-electron chi connectivity index (χ4n) is 2.86. The molecule has 27 heavy (non-hydrogen) atoms. The third-order valence-electron chi connectivity index (χ3n) is 4.27. The molecule has 1 saturated heterocycles. The van der Waals surface area contributed by atoms with Gasteiger partial charge in [-0.25, -0.2) is 9.68 Å². The van der Waals surface area contributed by atoms with Crippen molar-refractivity contribution in [2.75, 3.05) is 39.7 Å². The highest BCUT2D eigenvalue weighted by Gasteiger charge is 2.37. The molecule has 0 aromatic carbocycles. The molecule has 0 saturated carbocycles. The molecule has 0 N–H and O–H groups in total. The van der Waals surface area contributed by atoms with E-state index < -0.39 is 15.7 Å². The molecule has 1 aliphatic heterocycles. The summed E-state index contributed by atoms with van der Waals surface area (Å²) in [5.74, 6) is 0. The van der Waals surface area contributed by atoms with E-state index in [0.717, 1.165) is 18.6 Å². The van der Waals surface area contributed by atoms with Gasteiger partial charge in [-0.1, -0.05) is 0 Å². The van der Waals surface area contributed by atoms with E-state index in [1.807, 2.05) is 20.8 Å². The maximum Gasteiger partial charge on any atom is 0.410 e. The highest BCUT2D eigenvalue weighted by molar-refractivity contribution is 7.89. The van der Waals surface area contributed by atoms with Crippen LogP contribution in [0.5, 0.6) is 0 Å². The summed E-state index contributed by atoms with van der Waals surface area (Å²) in [6, 6.07) is 0. The molecular formula is C16H31NO8S2. The fourth-order valence-corrected chi connectivity index (χ4v) is 3.50. The van der Waals surface area contributed by atoms with Gasteiger partial charge in [-0.3, -0.25) is 8.37 Å². The molecule has 0 radical (unpaired) electrons. The Labute approximate surface area is 166 Å². The van der Waals surface area contributed by atoms with Crippen molar-refractivity contribution >= 4 is 28.5 Å². The molecule has 0 bridgehead atoms. The minimum absolute atomic E-state index is 0.104.